The molecule has 3 heteroatoms. The van der Waals surface area contributed by atoms with E-state index >= 15 is 0 Å². The van der Waals surface area contributed by atoms with E-state index in [1.807, 2.05) is 0 Å². The Bertz CT molecular complexity index is 216. The van der Waals surface area contributed by atoms with E-state index in [1.54, 1.807) is 12.2 Å². The Hall–Kier alpha value is -1.25. The van der Waals surface area contributed by atoms with Crippen LogP contribution in [-0.4, -0.2) is 11.1 Å². The van der Waals surface area contributed by atoms with Gasteiger partial charge in [-0.2, -0.15) is 0 Å². The van der Waals surface area contributed by atoms with E-state index in [0.29, 0.717) is 5.70 Å². The SMILES string of the molecule is NC1=CCCC=C1C(=O)O. The minimum Gasteiger partial charge on any atom is -0.478 e. The van der Waals surface area contributed by atoms with E-state index < -0.39 is 5.97 Å². The molecule has 0 spiro atoms. The molecule has 3 nitrogen and oxygen atoms in total. The maximum absolute atomic E-state index is 10.4. The van der Waals surface area contributed by atoms with Gasteiger partial charge in [0, 0.05) is 5.70 Å². The first-order chi connectivity index (χ1) is 4.72. The second kappa shape index (κ2) is 2.56. The minimum absolute atomic E-state index is 0.242. The van der Waals surface area contributed by atoms with Crippen molar-refractivity contribution in [3.05, 3.63) is 23.4 Å². The molecule has 0 amide bonds. The van der Waals surface area contributed by atoms with Gasteiger partial charge < -0.3 is 10.8 Å². The largest absolute Gasteiger partial charge is 0.478 e. The lowest BCUT2D eigenvalue weighted by Crippen LogP contribution is -2.12. The van der Waals surface area contributed by atoms with Crippen LogP contribution in [0.5, 0.6) is 0 Å². The monoisotopic (exact) mass is 139 g/mol. The van der Waals surface area contributed by atoms with Crippen molar-refractivity contribution in [3.8, 4) is 0 Å². The lowest BCUT2D eigenvalue weighted by atomic mass is 10.0. The van der Waals surface area contributed by atoms with Crippen LogP contribution in [0.2, 0.25) is 0 Å². The zero-order valence-electron chi connectivity index (χ0n) is 5.50. The standard InChI is InChI=1S/C7H9NO2/c8-6-4-2-1-3-5(6)7(9)10/h3-4H,1-2,8H2,(H,9,10). The molecule has 0 heterocycles. The molecule has 1 aliphatic rings. The van der Waals surface area contributed by atoms with Crippen LogP contribution in [0.15, 0.2) is 23.4 Å². The fourth-order valence-electron chi connectivity index (χ4n) is 0.905. The molecule has 10 heavy (non-hydrogen) atoms. The summed E-state index contributed by atoms with van der Waals surface area (Å²) >= 11 is 0. The molecule has 1 rings (SSSR count). The predicted molar refractivity (Wildman–Crippen MR) is 37.2 cm³/mol. The summed E-state index contributed by atoms with van der Waals surface area (Å²) in [6.07, 6.45) is 5.02. The van der Waals surface area contributed by atoms with Crippen LogP contribution < -0.4 is 5.73 Å². The summed E-state index contributed by atoms with van der Waals surface area (Å²) in [7, 11) is 0. The highest BCUT2D eigenvalue weighted by atomic mass is 16.4. The van der Waals surface area contributed by atoms with Crippen molar-refractivity contribution in [2.24, 2.45) is 5.73 Å². The molecule has 0 radical (unpaired) electrons. The molecule has 3 N–H and O–H groups in total. The molecule has 1 aliphatic carbocycles. The average molecular weight is 139 g/mol. The minimum atomic E-state index is -0.937. The third-order valence-corrected chi connectivity index (χ3v) is 1.42. The average Bonchev–Trinajstić information content (AvgIpc) is 1.88. The van der Waals surface area contributed by atoms with Gasteiger partial charge >= 0.3 is 5.97 Å². The van der Waals surface area contributed by atoms with Crippen molar-refractivity contribution in [2.75, 3.05) is 0 Å². The van der Waals surface area contributed by atoms with E-state index in [1.165, 1.54) is 0 Å². The van der Waals surface area contributed by atoms with Crippen LogP contribution in [-0.2, 0) is 4.79 Å². The normalized spacial score (nSPS) is 17.6. The smallest absolute Gasteiger partial charge is 0.337 e. The Morgan fingerprint density at radius 3 is 2.50 bits per heavy atom. The van der Waals surface area contributed by atoms with Crippen LogP contribution in [0.1, 0.15) is 12.8 Å². The van der Waals surface area contributed by atoms with Crippen molar-refractivity contribution < 1.29 is 9.90 Å². The quantitative estimate of drug-likeness (QED) is 0.560. The van der Waals surface area contributed by atoms with E-state index in [4.69, 9.17) is 10.8 Å². The molecular formula is C7H9NO2. The lowest BCUT2D eigenvalue weighted by molar-refractivity contribution is -0.132. The summed E-state index contributed by atoms with van der Waals surface area (Å²) in [5.74, 6) is -0.937. The number of rotatable bonds is 1. The summed E-state index contributed by atoms with van der Waals surface area (Å²) in [4.78, 5) is 10.4. The summed E-state index contributed by atoms with van der Waals surface area (Å²) in [6.45, 7) is 0. The number of carboxylic acid groups (broad SMARTS) is 1. The number of hydrogen-bond acceptors (Lipinski definition) is 2. The second-order valence-electron chi connectivity index (χ2n) is 2.16. The number of aliphatic carboxylic acids is 1. The first kappa shape index (κ1) is 6.86. The van der Waals surface area contributed by atoms with E-state index in [-0.39, 0.29) is 5.57 Å². The third kappa shape index (κ3) is 1.18. The molecule has 0 atom stereocenters. The summed E-state index contributed by atoms with van der Waals surface area (Å²) in [6, 6.07) is 0. The van der Waals surface area contributed by atoms with Gasteiger partial charge in [0.15, 0.2) is 0 Å². The van der Waals surface area contributed by atoms with Gasteiger partial charge in [0.1, 0.15) is 0 Å². The van der Waals surface area contributed by atoms with Gasteiger partial charge in [-0.1, -0.05) is 12.2 Å². The fraction of sp³-hybridized carbons (Fsp3) is 0.286. The molecule has 0 saturated carbocycles. The fourth-order valence-corrected chi connectivity index (χ4v) is 0.905. The van der Waals surface area contributed by atoms with Crippen LogP contribution in [0.4, 0.5) is 0 Å². The number of carbonyl (C=O) groups is 1. The molecule has 0 bridgehead atoms. The van der Waals surface area contributed by atoms with Crippen LogP contribution in [0, 0.1) is 0 Å². The van der Waals surface area contributed by atoms with Gasteiger partial charge in [-0.15, -0.1) is 0 Å². The van der Waals surface area contributed by atoms with E-state index in [2.05, 4.69) is 0 Å². The molecule has 0 saturated heterocycles. The summed E-state index contributed by atoms with van der Waals surface area (Å²) < 4.78 is 0. The van der Waals surface area contributed by atoms with Gasteiger partial charge in [0.2, 0.25) is 0 Å². The molecule has 0 aromatic heterocycles. The first-order valence-electron chi connectivity index (χ1n) is 3.11. The first-order valence-corrected chi connectivity index (χ1v) is 3.11. The second-order valence-corrected chi connectivity index (χ2v) is 2.16. The van der Waals surface area contributed by atoms with Gasteiger partial charge in [0.05, 0.1) is 5.57 Å². The highest BCUT2D eigenvalue weighted by molar-refractivity contribution is 5.91. The zero-order valence-corrected chi connectivity index (χ0v) is 5.50. The topological polar surface area (TPSA) is 63.3 Å². The van der Waals surface area contributed by atoms with Crippen molar-refractivity contribution >= 4 is 5.97 Å². The van der Waals surface area contributed by atoms with Crippen molar-refractivity contribution in [2.45, 2.75) is 12.8 Å². The summed E-state index contributed by atoms with van der Waals surface area (Å²) in [5.41, 5.74) is 6.02. The lowest BCUT2D eigenvalue weighted by Gasteiger charge is -2.06. The number of hydrogen-bond donors (Lipinski definition) is 2. The summed E-state index contributed by atoms with van der Waals surface area (Å²) in [5, 5.41) is 8.52. The maximum Gasteiger partial charge on any atom is 0.337 e. The molecule has 54 valence electrons. The highest BCUT2D eigenvalue weighted by Gasteiger charge is 2.11. The Balaban J connectivity index is 2.84. The van der Waals surface area contributed by atoms with E-state index in [9.17, 15) is 4.79 Å². The molecule has 0 unspecified atom stereocenters. The molecular weight excluding hydrogens is 130 g/mol. The van der Waals surface area contributed by atoms with Crippen molar-refractivity contribution in [3.63, 3.8) is 0 Å². The third-order valence-electron chi connectivity index (χ3n) is 1.42. The van der Waals surface area contributed by atoms with Gasteiger partial charge in [-0.25, -0.2) is 4.79 Å². The van der Waals surface area contributed by atoms with Crippen LogP contribution >= 0.6 is 0 Å². The van der Waals surface area contributed by atoms with E-state index in [0.717, 1.165) is 12.8 Å². The van der Waals surface area contributed by atoms with Crippen molar-refractivity contribution in [1.82, 2.24) is 0 Å². The predicted octanol–water partition coefficient (Wildman–Crippen LogP) is 0.634. The number of carboxylic acids is 1. The van der Waals surface area contributed by atoms with Crippen LogP contribution in [0.3, 0.4) is 0 Å². The highest BCUT2D eigenvalue weighted by Crippen LogP contribution is 2.13. The Kier molecular flexibility index (Phi) is 1.76. The molecule has 0 aliphatic heterocycles. The Morgan fingerprint density at radius 2 is 2.10 bits per heavy atom. The Labute approximate surface area is 58.8 Å². The van der Waals surface area contributed by atoms with Gasteiger partial charge in [0.25, 0.3) is 0 Å². The van der Waals surface area contributed by atoms with Gasteiger partial charge in [-0.3, -0.25) is 0 Å². The Morgan fingerprint density at radius 1 is 1.50 bits per heavy atom. The van der Waals surface area contributed by atoms with Crippen molar-refractivity contribution in [1.29, 1.82) is 0 Å². The van der Waals surface area contributed by atoms with Gasteiger partial charge in [-0.05, 0) is 12.8 Å². The van der Waals surface area contributed by atoms with Crippen LogP contribution in [0.25, 0.3) is 0 Å². The zero-order chi connectivity index (χ0) is 7.56. The molecule has 0 aromatic carbocycles. The number of nitrogens with two attached hydrogens (primary N) is 1. The number of allylic oxidation sites excluding steroid dienone is 2. The maximum atomic E-state index is 10.4. The molecule has 0 aromatic rings. The molecule has 0 fully saturated rings.